The Hall–Kier alpha value is -8.23. The monoisotopic (exact) mass is 960 g/mol. The number of nitrogens with zero attached hydrogens (tertiary/aromatic N) is 2. The Bertz CT molecular complexity index is 3920. The van der Waals surface area contributed by atoms with E-state index in [1.54, 1.807) is 38.5 Å². The number of methoxy groups -OCH3 is 2. The fourth-order valence-electron chi connectivity index (χ4n) is 10.2. The van der Waals surface area contributed by atoms with Crippen molar-refractivity contribution in [3.05, 3.63) is 223 Å². The first-order valence-electron chi connectivity index (χ1n) is 25.0. The largest absolute Gasteiger partial charge is 0.497 e. The predicted molar refractivity (Wildman–Crippen MR) is 296 cm³/mol. The standard InChI is InChI=1S/C65H60N4O4/c1-63(2,3)41-20-12-38(13-21-41)55-48-30-31-49(66-48)56(39-14-22-42(23-15-39)64(4,5)6)51-34-35-53(68-51)59-61(73-62(70)40-18-27-45(72-11)28-19-40)58-54(37-16-25-44(71-10)26-17-37)47-36-43(65(7,8)9)24-29-46(47)57(60(58)69-59)52-33-32-50(55)67-52/h12-36,66,68H,1-11H3. The second-order valence-corrected chi connectivity index (χ2v) is 22.3. The summed E-state index contributed by atoms with van der Waals surface area (Å²) in [7, 11) is 3.28. The lowest BCUT2D eigenvalue weighted by Gasteiger charge is -2.22. The van der Waals surface area contributed by atoms with E-state index in [0.29, 0.717) is 39.4 Å². The van der Waals surface area contributed by atoms with Crippen LogP contribution in [0, 0.1) is 0 Å². The number of H-pyrrole nitrogens is 2. The minimum absolute atomic E-state index is 0.0257. The highest BCUT2D eigenvalue weighted by molar-refractivity contribution is 6.31. The summed E-state index contributed by atoms with van der Waals surface area (Å²) in [4.78, 5) is 33.7. The first-order chi connectivity index (χ1) is 34.9. The van der Waals surface area contributed by atoms with Gasteiger partial charge in [-0.2, -0.15) is 0 Å². The van der Waals surface area contributed by atoms with Gasteiger partial charge in [0.2, 0.25) is 0 Å². The number of esters is 1. The van der Waals surface area contributed by atoms with Gasteiger partial charge in [-0.3, -0.25) is 0 Å². The molecule has 3 aliphatic rings. The van der Waals surface area contributed by atoms with Crippen molar-refractivity contribution in [2.24, 2.45) is 9.98 Å². The molecule has 0 aliphatic carbocycles. The predicted octanol–water partition coefficient (Wildman–Crippen LogP) is 12.0. The van der Waals surface area contributed by atoms with Crippen LogP contribution >= 0.6 is 0 Å². The fourth-order valence-corrected chi connectivity index (χ4v) is 10.2. The van der Waals surface area contributed by atoms with Gasteiger partial charge >= 0.3 is 5.97 Å². The third-order valence-electron chi connectivity index (χ3n) is 14.4. The van der Waals surface area contributed by atoms with Crippen LogP contribution in [0.3, 0.4) is 0 Å². The molecule has 3 aliphatic heterocycles. The number of allylic oxidation sites excluding steroid dienone is 1. The van der Waals surface area contributed by atoms with Crippen LogP contribution < -0.4 is 30.7 Å². The molecule has 6 aromatic carbocycles. The van der Waals surface area contributed by atoms with Crippen LogP contribution in [-0.4, -0.2) is 35.9 Å². The Morgan fingerprint density at radius 2 is 1.03 bits per heavy atom. The van der Waals surface area contributed by atoms with Crippen molar-refractivity contribution in [3.8, 4) is 22.6 Å². The summed E-state index contributed by atoms with van der Waals surface area (Å²) in [5.41, 5.74) is 13.8. The van der Waals surface area contributed by atoms with Crippen molar-refractivity contribution >= 4 is 50.8 Å². The van der Waals surface area contributed by atoms with Gasteiger partial charge in [0.15, 0.2) is 5.76 Å². The second kappa shape index (κ2) is 17.5. The highest BCUT2D eigenvalue weighted by Crippen LogP contribution is 2.42. The van der Waals surface area contributed by atoms with Crippen molar-refractivity contribution in [1.29, 1.82) is 0 Å². The van der Waals surface area contributed by atoms with Crippen LogP contribution in [0.1, 0.15) is 117 Å². The van der Waals surface area contributed by atoms with Crippen LogP contribution in [0.25, 0.3) is 50.2 Å². The summed E-state index contributed by atoms with van der Waals surface area (Å²) in [6.45, 7) is 20.1. The summed E-state index contributed by atoms with van der Waals surface area (Å²) in [6.07, 6.45) is 4.22. The third kappa shape index (κ3) is 8.44. The van der Waals surface area contributed by atoms with Crippen LogP contribution in [0.2, 0.25) is 0 Å². The van der Waals surface area contributed by atoms with E-state index in [2.05, 4.69) is 181 Å². The molecule has 0 unspecified atom stereocenters. The van der Waals surface area contributed by atoms with Gasteiger partial charge in [-0.25, -0.2) is 14.8 Å². The average molecular weight is 961 g/mol. The number of nitrogens with one attached hydrogen (secondary N) is 2. The van der Waals surface area contributed by atoms with Gasteiger partial charge in [0, 0.05) is 38.3 Å². The first kappa shape index (κ1) is 47.1. The topological polar surface area (TPSA) is 101 Å². The third-order valence-corrected chi connectivity index (χ3v) is 14.4. The van der Waals surface area contributed by atoms with Gasteiger partial charge < -0.3 is 24.2 Å². The fraction of sp³-hybridized carbons (Fsp3) is 0.215. The second-order valence-electron chi connectivity index (χ2n) is 22.3. The summed E-state index contributed by atoms with van der Waals surface area (Å²) in [5, 5.41) is 5.30. The smallest absolute Gasteiger partial charge is 0.343 e. The number of benzene rings is 6. The molecule has 0 saturated heterocycles. The van der Waals surface area contributed by atoms with Gasteiger partial charge in [0.05, 0.1) is 47.8 Å². The minimum atomic E-state index is -0.527. The first-order valence-corrected chi connectivity index (χ1v) is 25.0. The maximum atomic E-state index is 14.7. The van der Waals surface area contributed by atoms with E-state index in [-0.39, 0.29) is 16.2 Å². The lowest BCUT2D eigenvalue weighted by atomic mass is 9.83. The number of aliphatic imine (C=N–C) groups is 1. The van der Waals surface area contributed by atoms with Crippen molar-refractivity contribution < 1.29 is 19.0 Å². The zero-order chi connectivity index (χ0) is 51.1. The van der Waals surface area contributed by atoms with Gasteiger partial charge in [-0.15, -0.1) is 0 Å². The molecule has 2 aromatic heterocycles. The van der Waals surface area contributed by atoms with Crippen LogP contribution in [0.4, 0.5) is 0 Å². The molecule has 0 amide bonds. The molecule has 2 N–H and O–H groups in total. The highest BCUT2D eigenvalue weighted by atomic mass is 16.5. The number of rotatable bonds is 7. The maximum Gasteiger partial charge on any atom is 0.343 e. The lowest BCUT2D eigenvalue weighted by molar-refractivity contribution is 0.0693. The van der Waals surface area contributed by atoms with Crippen molar-refractivity contribution in [2.45, 2.75) is 78.6 Å². The summed E-state index contributed by atoms with van der Waals surface area (Å²) >= 11 is 0. The summed E-state index contributed by atoms with van der Waals surface area (Å²) in [5.74, 6) is 1.17. The van der Waals surface area contributed by atoms with E-state index in [4.69, 9.17) is 24.2 Å². The van der Waals surface area contributed by atoms with Gasteiger partial charge in [-0.05, 0) is 139 Å². The number of ether oxygens (including phenoxy) is 3. The van der Waals surface area contributed by atoms with Crippen molar-refractivity contribution in [3.63, 3.8) is 0 Å². The van der Waals surface area contributed by atoms with Crippen molar-refractivity contribution in [1.82, 2.24) is 9.97 Å². The Balaban J connectivity index is 1.29. The molecule has 8 aromatic rings. The van der Waals surface area contributed by atoms with E-state index in [0.717, 1.165) is 88.5 Å². The van der Waals surface area contributed by atoms with E-state index in [9.17, 15) is 4.79 Å². The number of carbonyl (C=O) groups excluding carboxylic acids is 1. The number of aromatic nitrogens is 2. The molecular weight excluding hydrogens is 901 g/mol. The molecule has 8 heteroatoms. The van der Waals surface area contributed by atoms with Gasteiger partial charge in [0.25, 0.3) is 0 Å². The Morgan fingerprint density at radius 3 is 1.62 bits per heavy atom. The van der Waals surface area contributed by atoms with E-state index >= 15 is 0 Å². The Labute approximate surface area is 426 Å². The lowest BCUT2D eigenvalue weighted by Crippen LogP contribution is -2.31. The molecular formula is C65H60N4O4. The van der Waals surface area contributed by atoms with Gasteiger partial charge in [-0.1, -0.05) is 135 Å². The van der Waals surface area contributed by atoms with Crippen LogP contribution in [-0.2, 0) is 21.0 Å². The van der Waals surface area contributed by atoms with Crippen LogP contribution in [0.15, 0.2) is 162 Å². The van der Waals surface area contributed by atoms with E-state index in [1.165, 1.54) is 11.1 Å². The minimum Gasteiger partial charge on any atom is -0.497 e. The number of fused-ring (bicyclic) bond motifs is 9. The molecule has 8 nitrogen and oxygen atoms in total. The molecule has 364 valence electrons. The maximum absolute atomic E-state index is 14.7. The zero-order valence-electron chi connectivity index (χ0n) is 43.5. The Morgan fingerprint density at radius 1 is 0.493 bits per heavy atom. The molecule has 11 rings (SSSR count). The van der Waals surface area contributed by atoms with E-state index in [1.807, 2.05) is 18.2 Å². The van der Waals surface area contributed by atoms with Crippen LogP contribution in [0.5, 0.6) is 11.5 Å². The number of aromatic amines is 2. The average Bonchev–Trinajstić information content (AvgIpc) is 4.22. The number of hydrogen-bond acceptors (Lipinski definition) is 6. The molecule has 8 bridgehead atoms. The number of hydrogen-bond donors (Lipinski definition) is 2. The molecule has 0 atom stereocenters. The zero-order valence-corrected chi connectivity index (χ0v) is 43.5. The summed E-state index contributed by atoms with van der Waals surface area (Å²) in [6, 6.07) is 48.0. The SMILES string of the molecule is COc1ccc(C(=O)OC2=C3N=c4c2c(-c2ccc(OC)cc2)c2cc(C(C)(C)C)ccc2c4=C2C=CC(=N2)C(c2ccc(C(C)(C)C)cc2)=c2ccc([nH]2)=C(c2ccc(C(C)(C)C)cc2)c2ccc3[nH]2)cc1. The molecule has 0 saturated carbocycles. The Kier molecular flexibility index (Phi) is 11.3. The quantitative estimate of drug-likeness (QED) is 0.155. The normalized spacial score (nSPS) is 14.3. The molecule has 0 fully saturated rings. The van der Waals surface area contributed by atoms with Gasteiger partial charge in [0.1, 0.15) is 17.2 Å². The molecule has 73 heavy (non-hydrogen) atoms. The summed E-state index contributed by atoms with van der Waals surface area (Å²) < 4.78 is 18.0. The number of carbonyl (C=O) groups is 1. The highest BCUT2D eigenvalue weighted by Gasteiger charge is 2.33. The van der Waals surface area contributed by atoms with E-state index < -0.39 is 5.97 Å². The van der Waals surface area contributed by atoms with Crippen molar-refractivity contribution in [2.75, 3.05) is 14.2 Å². The molecule has 5 heterocycles. The molecule has 0 radical (unpaired) electrons. The molecule has 0 spiro atoms.